The molecule has 0 fully saturated rings. The van der Waals surface area contributed by atoms with Crippen molar-refractivity contribution in [3.05, 3.63) is 76.4 Å². The highest BCUT2D eigenvalue weighted by atomic mass is 19.4. The van der Waals surface area contributed by atoms with Gasteiger partial charge in [0.2, 0.25) is 5.91 Å². The molecule has 2 atom stereocenters. The Labute approximate surface area is 230 Å². The number of methoxy groups -OCH3 is 1. The molecule has 6 nitrogen and oxygen atoms in total. The fourth-order valence-electron chi connectivity index (χ4n) is 5.38. The van der Waals surface area contributed by atoms with Crippen molar-refractivity contribution >= 4 is 17.4 Å². The number of nitrogens with zero attached hydrogens (tertiary/aromatic N) is 3. The highest BCUT2D eigenvalue weighted by molar-refractivity contribution is 5.97. The van der Waals surface area contributed by atoms with E-state index in [1.165, 1.54) is 24.1 Å². The molecular weight excluding hydrogens is 526 g/mol. The molecular formula is C30H33F4N3O3. The normalized spacial score (nSPS) is 15.8. The monoisotopic (exact) mass is 559 g/mol. The van der Waals surface area contributed by atoms with Gasteiger partial charge in [0.05, 0.1) is 13.7 Å². The molecule has 10 heteroatoms. The third-order valence-electron chi connectivity index (χ3n) is 7.39. The molecule has 1 heterocycles. The van der Waals surface area contributed by atoms with E-state index in [2.05, 4.69) is 5.10 Å². The molecule has 0 N–H and O–H groups in total. The molecule has 1 aliphatic carbocycles. The number of anilines is 1. The van der Waals surface area contributed by atoms with Crippen molar-refractivity contribution < 1.29 is 31.9 Å². The van der Waals surface area contributed by atoms with Crippen LogP contribution in [-0.4, -0.2) is 35.6 Å². The van der Waals surface area contributed by atoms with Gasteiger partial charge in [0.25, 0.3) is 0 Å². The number of carbonyl (C=O) groups is 2. The lowest BCUT2D eigenvalue weighted by Gasteiger charge is -2.24. The first-order valence-corrected chi connectivity index (χ1v) is 13.2. The third-order valence-corrected chi connectivity index (χ3v) is 7.39. The van der Waals surface area contributed by atoms with E-state index in [4.69, 9.17) is 4.74 Å². The number of aryl methyl sites for hydroxylation is 1. The Morgan fingerprint density at radius 1 is 1.18 bits per heavy atom. The van der Waals surface area contributed by atoms with E-state index < -0.39 is 29.4 Å². The van der Waals surface area contributed by atoms with Crippen LogP contribution in [0.15, 0.2) is 42.5 Å². The summed E-state index contributed by atoms with van der Waals surface area (Å²) >= 11 is 0. The zero-order chi connectivity index (χ0) is 29.2. The van der Waals surface area contributed by atoms with Crippen LogP contribution in [0.4, 0.5) is 23.2 Å². The molecule has 0 saturated carbocycles. The van der Waals surface area contributed by atoms with E-state index >= 15 is 0 Å². The smallest absolute Gasteiger partial charge is 0.435 e. The average Bonchev–Trinajstić information content (AvgIpc) is 3.24. The van der Waals surface area contributed by atoms with Crippen LogP contribution in [0.3, 0.4) is 0 Å². The Hall–Kier alpha value is -3.69. The van der Waals surface area contributed by atoms with Crippen molar-refractivity contribution in [1.82, 2.24) is 9.78 Å². The summed E-state index contributed by atoms with van der Waals surface area (Å²) in [7, 11) is 3.11. The molecule has 4 rings (SSSR count). The molecule has 1 amide bonds. The van der Waals surface area contributed by atoms with Crippen LogP contribution in [0.5, 0.6) is 5.75 Å². The number of halogens is 4. The Morgan fingerprint density at radius 3 is 2.50 bits per heavy atom. The van der Waals surface area contributed by atoms with Gasteiger partial charge in [-0.1, -0.05) is 13.0 Å². The standard InChI is InChI=1S/C30H33F4N3O3/c1-18-5-10-26-27(13-18)37(35-28(26)30(32,33)34)17-24(38)16-21(14-20-11-19(2)12-22(31)15-20)29(39)36(3)23-6-8-25(40-4)9-7-23/h6-9,11-12,15,18,21H,5,10,13-14,16-17H2,1-4H3. The minimum atomic E-state index is -4.62. The summed E-state index contributed by atoms with van der Waals surface area (Å²) in [6.45, 7) is 3.32. The van der Waals surface area contributed by atoms with Crippen LogP contribution in [0.1, 0.15) is 47.8 Å². The Balaban J connectivity index is 1.60. The van der Waals surface area contributed by atoms with Crippen molar-refractivity contribution in [2.24, 2.45) is 11.8 Å². The Bertz CT molecular complexity index is 1360. The number of hydrogen-bond donors (Lipinski definition) is 0. The summed E-state index contributed by atoms with van der Waals surface area (Å²) < 4.78 is 61.6. The van der Waals surface area contributed by atoms with Gasteiger partial charge in [-0.05, 0) is 86.1 Å². The number of ketones is 1. The molecule has 0 bridgehead atoms. The Morgan fingerprint density at radius 2 is 1.88 bits per heavy atom. The predicted molar refractivity (Wildman–Crippen MR) is 143 cm³/mol. The highest BCUT2D eigenvalue weighted by Crippen LogP contribution is 2.37. The van der Waals surface area contributed by atoms with Gasteiger partial charge >= 0.3 is 6.18 Å². The van der Waals surface area contributed by atoms with Crippen LogP contribution in [-0.2, 0) is 41.6 Å². The second kappa shape index (κ2) is 11.8. The van der Waals surface area contributed by atoms with Gasteiger partial charge in [0.1, 0.15) is 11.6 Å². The first-order valence-electron chi connectivity index (χ1n) is 13.2. The molecule has 2 aromatic carbocycles. The van der Waals surface area contributed by atoms with Crippen molar-refractivity contribution in [3.63, 3.8) is 0 Å². The lowest BCUT2D eigenvalue weighted by molar-refractivity contribution is -0.142. The van der Waals surface area contributed by atoms with E-state index in [0.717, 1.165) is 4.68 Å². The van der Waals surface area contributed by atoms with Crippen molar-refractivity contribution in [3.8, 4) is 5.75 Å². The predicted octanol–water partition coefficient (Wildman–Crippen LogP) is 5.96. The van der Waals surface area contributed by atoms with Gasteiger partial charge in [0, 0.05) is 36.3 Å². The number of ether oxygens (including phenoxy) is 1. The van der Waals surface area contributed by atoms with Crippen molar-refractivity contribution in [2.45, 2.75) is 58.7 Å². The maximum absolute atomic E-state index is 14.1. The number of benzene rings is 2. The van der Waals surface area contributed by atoms with Gasteiger partial charge in [0.15, 0.2) is 11.5 Å². The minimum absolute atomic E-state index is 0.0890. The quantitative estimate of drug-likeness (QED) is 0.304. The first kappa shape index (κ1) is 29.3. The number of carbonyl (C=O) groups excluding carboxylic acids is 2. The molecule has 0 spiro atoms. The number of aromatic nitrogens is 2. The van der Waals surface area contributed by atoms with Crippen LogP contribution < -0.4 is 9.64 Å². The summed E-state index contributed by atoms with van der Waals surface area (Å²) in [6.07, 6.45) is -3.49. The summed E-state index contributed by atoms with van der Waals surface area (Å²) in [5.41, 5.74) is 1.44. The van der Waals surface area contributed by atoms with Gasteiger partial charge in [-0.25, -0.2) is 4.39 Å². The number of Topliss-reactive ketones (excluding diaryl/α,β-unsaturated/α-hetero) is 1. The van der Waals surface area contributed by atoms with Crippen molar-refractivity contribution in [2.75, 3.05) is 19.1 Å². The molecule has 40 heavy (non-hydrogen) atoms. The van der Waals surface area contributed by atoms with Crippen LogP contribution in [0.25, 0.3) is 0 Å². The topological polar surface area (TPSA) is 64.4 Å². The summed E-state index contributed by atoms with van der Waals surface area (Å²) in [5.74, 6) is -1.33. The van der Waals surface area contributed by atoms with Gasteiger partial charge in [-0.15, -0.1) is 0 Å². The fourth-order valence-corrected chi connectivity index (χ4v) is 5.38. The fraction of sp³-hybridized carbons (Fsp3) is 0.433. The molecule has 214 valence electrons. The van der Waals surface area contributed by atoms with Crippen molar-refractivity contribution in [1.29, 1.82) is 0 Å². The van der Waals surface area contributed by atoms with Gasteiger partial charge < -0.3 is 9.64 Å². The minimum Gasteiger partial charge on any atom is -0.497 e. The molecule has 1 aliphatic rings. The molecule has 2 unspecified atom stereocenters. The lowest BCUT2D eigenvalue weighted by atomic mass is 9.87. The van der Waals surface area contributed by atoms with E-state index in [1.807, 2.05) is 6.92 Å². The molecule has 3 aromatic rings. The number of fused-ring (bicyclic) bond motifs is 1. The highest BCUT2D eigenvalue weighted by Gasteiger charge is 2.40. The van der Waals surface area contributed by atoms with E-state index in [-0.39, 0.29) is 43.2 Å². The lowest BCUT2D eigenvalue weighted by Crippen LogP contribution is -2.36. The van der Waals surface area contributed by atoms with E-state index in [0.29, 0.717) is 41.1 Å². The zero-order valence-electron chi connectivity index (χ0n) is 23.0. The summed E-state index contributed by atoms with van der Waals surface area (Å²) in [4.78, 5) is 28.4. The molecule has 1 aromatic heterocycles. The summed E-state index contributed by atoms with van der Waals surface area (Å²) in [5, 5.41) is 3.81. The second-order valence-corrected chi connectivity index (χ2v) is 10.7. The first-order chi connectivity index (χ1) is 18.8. The number of amides is 1. The molecule has 0 saturated heterocycles. The maximum Gasteiger partial charge on any atom is 0.435 e. The van der Waals surface area contributed by atoms with Crippen LogP contribution in [0.2, 0.25) is 0 Å². The number of rotatable bonds is 9. The number of alkyl halides is 3. The third kappa shape index (κ3) is 6.71. The Kier molecular flexibility index (Phi) is 8.65. The van der Waals surface area contributed by atoms with E-state index in [1.54, 1.807) is 44.3 Å². The average molecular weight is 560 g/mol. The molecule has 0 radical (unpaired) electrons. The van der Waals surface area contributed by atoms with Gasteiger partial charge in [-0.3, -0.25) is 14.3 Å². The zero-order valence-corrected chi connectivity index (χ0v) is 23.0. The van der Waals surface area contributed by atoms with Crippen LogP contribution >= 0.6 is 0 Å². The maximum atomic E-state index is 14.1. The SMILES string of the molecule is COc1ccc(N(C)C(=O)C(CC(=O)Cn2nc(C(F)(F)F)c3c2CC(C)CC3)Cc2cc(C)cc(F)c2)cc1. The second-order valence-electron chi connectivity index (χ2n) is 10.7. The summed E-state index contributed by atoms with van der Waals surface area (Å²) in [6, 6.07) is 11.3. The number of hydrogen-bond acceptors (Lipinski definition) is 4. The van der Waals surface area contributed by atoms with E-state index in [9.17, 15) is 27.2 Å². The molecule has 0 aliphatic heterocycles. The van der Waals surface area contributed by atoms with Crippen LogP contribution in [0, 0.1) is 24.6 Å². The van der Waals surface area contributed by atoms with Gasteiger partial charge in [-0.2, -0.15) is 18.3 Å². The largest absolute Gasteiger partial charge is 0.497 e.